The fraction of sp³-hybridized carbons (Fsp3) is 0.350. The molecular weight excluding hydrogens is 364 g/mol. The Bertz CT molecular complexity index is 881. The summed E-state index contributed by atoms with van der Waals surface area (Å²) in [6.07, 6.45) is 0. The lowest BCUT2D eigenvalue weighted by molar-refractivity contribution is -0.130. The third-order valence-electron chi connectivity index (χ3n) is 4.00. The molecule has 27 heavy (non-hydrogen) atoms. The van der Waals surface area contributed by atoms with Crippen LogP contribution >= 0.6 is 0 Å². The summed E-state index contributed by atoms with van der Waals surface area (Å²) in [6, 6.07) is 13.3. The molecule has 1 amide bonds. The average molecular weight is 391 g/mol. The second kappa shape index (κ2) is 8.00. The summed E-state index contributed by atoms with van der Waals surface area (Å²) in [5.74, 6) is 0.334. The van der Waals surface area contributed by atoms with Gasteiger partial charge >= 0.3 is 0 Å². The van der Waals surface area contributed by atoms with Crippen molar-refractivity contribution in [3.05, 3.63) is 54.1 Å². The number of hydrogen-bond acceptors (Lipinski definition) is 4. The molecule has 0 atom stereocenters. The van der Waals surface area contributed by atoms with Gasteiger partial charge < -0.3 is 9.64 Å². The highest BCUT2D eigenvalue weighted by Gasteiger charge is 2.17. The number of ether oxygens (including phenoxy) is 1. The molecule has 146 valence electrons. The van der Waals surface area contributed by atoms with E-state index in [9.17, 15) is 13.2 Å². The Balaban J connectivity index is 2.06. The third kappa shape index (κ3) is 5.72. The van der Waals surface area contributed by atoms with Crippen molar-refractivity contribution in [1.29, 1.82) is 0 Å². The van der Waals surface area contributed by atoms with Gasteiger partial charge in [-0.15, -0.1) is 0 Å². The molecule has 0 saturated carbocycles. The number of anilines is 1. The van der Waals surface area contributed by atoms with E-state index < -0.39 is 10.0 Å². The molecule has 0 saturated heterocycles. The normalized spacial score (nSPS) is 11.7. The van der Waals surface area contributed by atoms with Gasteiger partial charge in [0.1, 0.15) is 5.75 Å². The van der Waals surface area contributed by atoms with Crippen molar-refractivity contribution in [1.82, 2.24) is 4.90 Å². The Hall–Kier alpha value is -2.54. The van der Waals surface area contributed by atoms with Crippen LogP contribution in [0, 0.1) is 0 Å². The van der Waals surface area contributed by atoms with Gasteiger partial charge in [0.2, 0.25) is 0 Å². The van der Waals surface area contributed by atoms with E-state index in [1.165, 1.54) is 4.90 Å². The second-order valence-corrected chi connectivity index (χ2v) is 9.16. The van der Waals surface area contributed by atoms with E-state index in [1.807, 2.05) is 12.1 Å². The van der Waals surface area contributed by atoms with Crippen molar-refractivity contribution in [2.45, 2.75) is 31.1 Å². The maximum atomic E-state index is 12.5. The number of rotatable bonds is 6. The Labute approximate surface area is 161 Å². The first-order chi connectivity index (χ1) is 12.5. The quantitative estimate of drug-likeness (QED) is 0.821. The van der Waals surface area contributed by atoms with Crippen molar-refractivity contribution in [3.8, 4) is 5.75 Å². The maximum absolute atomic E-state index is 12.5. The maximum Gasteiger partial charge on any atom is 0.261 e. The van der Waals surface area contributed by atoms with Gasteiger partial charge in [0.25, 0.3) is 15.9 Å². The first kappa shape index (κ1) is 20.8. The van der Waals surface area contributed by atoms with Gasteiger partial charge in [0.05, 0.1) is 4.90 Å². The van der Waals surface area contributed by atoms with Crippen LogP contribution in [0.15, 0.2) is 53.4 Å². The van der Waals surface area contributed by atoms with E-state index in [2.05, 4.69) is 25.5 Å². The summed E-state index contributed by atoms with van der Waals surface area (Å²) < 4.78 is 33.0. The summed E-state index contributed by atoms with van der Waals surface area (Å²) in [6.45, 7) is 6.15. The van der Waals surface area contributed by atoms with Gasteiger partial charge in [-0.1, -0.05) is 32.9 Å². The van der Waals surface area contributed by atoms with Gasteiger partial charge in [0.15, 0.2) is 6.61 Å². The summed E-state index contributed by atoms with van der Waals surface area (Å²) in [5.41, 5.74) is 1.44. The first-order valence-electron chi connectivity index (χ1n) is 8.55. The lowest BCUT2D eigenvalue weighted by Crippen LogP contribution is -2.27. The van der Waals surface area contributed by atoms with Gasteiger partial charge in [0, 0.05) is 19.8 Å². The molecule has 0 spiro atoms. The Kier molecular flexibility index (Phi) is 6.15. The van der Waals surface area contributed by atoms with Crippen molar-refractivity contribution >= 4 is 21.6 Å². The molecule has 2 rings (SSSR count). The molecule has 0 aliphatic heterocycles. The number of benzene rings is 2. The zero-order valence-corrected chi connectivity index (χ0v) is 17.1. The lowest BCUT2D eigenvalue weighted by atomic mass is 9.87. The molecule has 0 heterocycles. The van der Waals surface area contributed by atoms with Crippen LogP contribution in [0.5, 0.6) is 5.75 Å². The number of nitrogens with one attached hydrogen (secondary N) is 1. The number of nitrogens with zero attached hydrogens (tertiary/aromatic N) is 1. The van der Waals surface area contributed by atoms with Crippen LogP contribution in [0.1, 0.15) is 26.3 Å². The fourth-order valence-corrected chi connectivity index (χ4v) is 3.30. The number of carbonyl (C=O) groups is 1. The SMILES string of the molecule is CN(C)C(=O)COc1ccc(NS(=O)(=O)c2ccc(C(C)(C)C)cc2)cc1. The van der Waals surface area contributed by atoms with Crippen molar-refractivity contribution in [3.63, 3.8) is 0 Å². The Morgan fingerprint density at radius 1 is 1.00 bits per heavy atom. The van der Waals surface area contributed by atoms with E-state index >= 15 is 0 Å². The van der Waals surface area contributed by atoms with Gasteiger partial charge in [-0.05, 0) is 47.4 Å². The predicted molar refractivity (Wildman–Crippen MR) is 107 cm³/mol. The molecule has 0 aliphatic rings. The molecule has 7 heteroatoms. The van der Waals surface area contributed by atoms with Crippen LogP contribution in [-0.2, 0) is 20.2 Å². The number of amides is 1. The standard InChI is InChI=1S/C20H26N2O4S/c1-20(2,3)15-6-12-18(13-7-15)27(24,25)21-16-8-10-17(11-9-16)26-14-19(23)22(4)5/h6-13,21H,14H2,1-5H3. The first-order valence-corrected chi connectivity index (χ1v) is 10.0. The minimum atomic E-state index is -3.68. The Morgan fingerprint density at radius 3 is 2.04 bits per heavy atom. The largest absolute Gasteiger partial charge is 0.484 e. The molecule has 0 aromatic heterocycles. The molecule has 0 aliphatic carbocycles. The number of hydrogen-bond donors (Lipinski definition) is 1. The van der Waals surface area contributed by atoms with E-state index in [0.717, 1.165) is 5.56 Å². The molecule has 0 unspecified atom stereocenters. The highest BCUT2D eigenvalue weighted by Crippen LogP contribution is 2.24. The number of likely N-dealkylation sites (N-methyl/N-ethyl adjacent to an activating group) is 1. The highest BCUT2D eigenvalue weighted by atomic mass is 32.2. The van der Waals surface area contributed by atoms with Crippen molar-refractivity contribution in [2.75, 3.05) is 25.4 Å². The van der Waals surface area contributed by atoms with Crippen LogP contribution in [0.3, 0.4) is 0 Å². The predicted octanol–water partition coefficient (Wildman–Crippen LogP) is 3.25. The van der Waals surface area contributed by atoms with Crippen LogP contribution < -0.4 is 9.46 Å². The smallest absolute Gasteiger partial charge is 0.261 e. The van der Waals surface area contributed by atoms with Crippen LogP contribution in [0.4, 0.5) is 5.69 Å². The van der Waals surface area contributed by atoms with E-state index in [4.69, 9.17) is 4.74 Å². The second-order valence-electron chi connectivity index (χ2n) is 7.48. The van der Waals surface area contributed by atoms with Crippen LogP contribution in [0.2, 0.25) is 0 Å². The number of carbonyl (C=O) groups excluding carboxylic acids is 1. The molecule has 0 fully saturated rings. The number of sulfonamides is 1. The summed E-state index contributed by atoms with van der Waals surface area (Å²) >= 11 is 0. The monoisotopic (exact) mass is 390 g/mol. The molecule has 2 aromatic rings. The summed E-state index contributed by atoms with van der Waals surface area (Å²) in [7, 11) is -0.376. The lowest BCUT2D eigenvalue weighted by Gasteiger charge is -2.19. The molecule has 0 radical (unpaired) electrons. The highest BCUT2D eigenvalue weighted by molar-refractivity contribution is 7.92. The zero-order chi connectivity index (χ0) is 20.2. The minimum Gasteiger partial charge on any atom is -0.484 e. The summed E-state index contributed by atoms with van der Waals surface area (Å²) in [5, 5.41) is 0. The average Bonchev–Trinajstić information content (AvgIpc) is 2.60. The molecule has 1 N–H and O–H groups in total. The van der Waals surface area contributed by atoms with Crippen molar-refractivity contribution in [2.24, 2.45) is 0 Å². The topological polar surface area (TPSA) is 75.7 Å². The fourth-order valence-electron chi connectivity index (χ4n) is 2.24. The summed E-state index contributed by atoms with van der Waals surface area (Å²) in [4.78, 5) is 13.2. The molecule has 6 nitrogen and oxygen atoms in total. The van der Waals surface area contributed by atoms with E-state index in [1.54, 1.807) is 50.5 Å². The van der Waals surface area contributed by atoms with E-state index in [-0.39, 0.29) is 22.8 Å². The zero-order valence-electron chi connectivity index (χ0n) is 16.3. The van der Waals surface area contributed by atoms with Crippen LogP contribution in [-0.4, -0.2) is 39.9 Å². The third-order valence-corrected chi connectivity index (χ3v) is 5.40. The van der Waals surface area contributed by atoms with Gasteiger partial charge in [-0.2, -0.15) is 0 Å². The molecule has 0 bridgehead atoms. The molecule has 2 aromatic carbocycles. The van der Waals surface area contributed by atoms with Crippen molar-refractivity contribution < 1.29 is 17.9 Å². The van der Waals surface area contributed by atoms with Gasteiger partial charge in [-0.3, -0.25) is 9.52 Å². The molecular formula is C20H26N2O4S. The Morgan fingerprint density at radius 2 is 1.56 bits per heavy atom. The van der Waals surface area contributed by atoms with E-state index in [0.29, 0.717) is 11.4 Å². The van der Waals surface area contributed by atoms with Crippen LogP contribution in [0.25, 0.3) is 0 Å². The van der Waals surface area contributed by atoms with Gasteiger partial charge in [-0.25, -0.2) is 8.42 Å². The minimum absolute atomic E-state index is 0.0421.